The van der Waals surface area contributed by atoms with Gasteiger partial charge in [-0.1, -0.05) is 43.7 Å². The second-order valence-electron chi connectivity index (χ2n) is 5.51. The fourth-order valence-electron chi connectivity index (χ4n) is 2.88. The average molecular weight is 267 g/mol. The largest absolute Gasteiger partial charge is 0.327 e. The highest BCUT2D eigenvalue weighted by Gasteiger charge is 2.15. The number of nitrogens with two attached hydrogens (primary N) is 1. The average Bonchev–Trinajstić information content (AvgIpc) is 2.40. The van der Waals surface area contributed by atoms with Crippen LogP contribution >= 0.6 is 11.6 Å². The summed E-state index contributed by atoms with van der Waals surface area (Å²) < 4.78 is 0. The van der Waals surface area contributed by atoms with E-state index >= 15 is 0 Å². The highest BCUT2D eigenvalue weighted by atomic mass is 35.5. The Bertz CT molecular complexity index is 361. The van der Waals surface area contributed by atoms with Gasteiger partial charge in [0.05, 0.1) is 5.02 Å². The van der Waals surface area contributed by atoms with Crippen molar-refractivity contribution in [3.05, 3.63) is 29.0 Å². The fourth-order valence-corrected chi connectivity index (χ4v) is 3.08. The number of hydrogen-bond donors (Lipinski definition) is 1. The van der Waals surface area contributed by atoms with Gasteiger partial charge in [-0.05, 0) is 36.8 Å². The third-order valence-electron chi connectivity index (χ3n) is 4.01. The number of aromatic nitrogens is 1. The standard InChI is InChI=1S/C15H23ClN2/c16-15-11-18-9-8-13(15)10-14(17)7-6-12-4-2-1-3-5-12/h8-9,11-12,14H,1-7,10,17H2. The summed E-state index contributed by atoms with van der Waals surface area (Å²) in [6, 6.07) is 2.20. The number of pyridine rings is 1. The second-order valence-corrected chi connectivity index (χ2v) is 5.92. The molecule has 18 heavy (non-hydrogen) atoms. The van der Waals surface area contributed by atoms with Crippen LogP contribution in [0, 0.1) is 5.92 Å². The Morgan fingerprint density at radius 3 is 2.83 bits per heavy atom. The lowest BCUT2D eigenvalue weighted by atomic mass is 9.85. The summed E-state index contributed by atoms with van der Waals surface area (Å²) >= 11 is 6.10. The minimum absolute atomic E-state index is 0.229. The molecule has 1 atom stereocenters. The summed E-state index contributed by atoms with van der Waals surface area (Å²) in [5.41, 5.74) is 7.34. The molecule has 2 rings (SSSR count). The van der Waals surface area contributed by atoms with Gasteiger partial charge in [-0.3, -0.25) is 4.98 Å². The van der Waals surface area contributed by atoms with E-state index in [-0.39, 0.29) is 6.04 Å². The molecule has 0 aliphatic heterocycles. The minimum atomic E-state index is 0.229. The molecule has 3 heteroatoms. The van der Waals surface area contributed by atoms with Crippen molar-refractivity contribution >= 4 is 11.6 Å². The van der Waals surface area contributed by atoms with E-state index in [0.29, 0.717) is 0 Å². The smallest absolute Gasteiger partial charge is 0.0621 e. The van der Waals surface area contributed by atoms with Crippen LogP contribution in [0.3, 0.4) is 0 Å². The quantitative estimate of drug-likeness (QED) is 0.876. The summed E-state index contributed by atoms with van der Waals surface area (Å²) in [5.74, 6) is 0.915. The molecule has 1 fully saturated rings. The van der Waals surface area contributed by atoms with Crippen LogP contribution in [0.2, 0.25) is 5.02 Å². The molecule has 1 aromatic heterocycles. The molecule has 1 aliphatic rings. The molecule has 0 radical (unpaired) electrons. The summed E-state index contributed by atoms with van der Waals surface area (Å²) in [7, 11) is 0. The summed E-state index contributed by atoms with van der Waals surface area (Å²) in [4.78, 5) is 4.00. The van der Waals surface area contributed by atoms with Crippen LogP contribution in [0.1, 0.15) is 50.5 Å². The van der Waals surface area contributed by atoms with Crippen LogP contribution in [-0.4, -0.2) is 11.0 Å². The van der Waals surface area contributed by atoms with Crippen LogP contribution < -0.4 is 5.73 Å². The van der Waals surface area contributed by atoms with Crippen molar-refractivity contribution in [2.24, 2.45) is 11.7 Å². The van der Waals surface area contributed by atoms with Crippen molar-refractivity contribution < 1.29 is 0 Å². The Morgan fingerprint density at radius 2 is 2.11 bits per heavy atom. The number of rotatable bonds is 5. The zero-order valence-electron chi connectivity index (χ0n) is 10.9. The zero-order valence-corrected chi connectivity index (χ0v) is 11.7. The van der Waals surface area contributed by atoms with Gasteiger partial charge in [-0.25, -0.2) is 0 Å². The van der Waals surface area contributed by atoms with Crippen molar-refractivity contribution in [1.82, 2.24) is 4.98 Å². The second kappa shape index (κ2) is 7.10. The Morgan fingerprint density at radius 1 is 1.33 bits per heavy atom. The molecule has 2 N–H and O–H groups in total. The fraction of sp³-hybridized carbons (Fsp3) is 0.667. The van der Waals surface area contributed by atoms with E-state index in [1.807, 2.05) is 6.07 Å². The molecule has 1 saturated carbocycles. The number of halogens is 1. The van der Waals surface area contributed by atoms with Gasteiger partial charge in [-0.2, -0.15) is 0 Å². The van der Waals surface area contributed by atoms with E-state index in [1.54, 1.807) is 12.4 Å². The van der Waals surface area contributed by atoms with E-state index < -0.39 is 0 Å². The molecule has 0 saturated heterocycles. The summed E-state index contributed by atoms with van der Waals surface area (Å²) in [6.07, 6.45) is 13.8. The van der Waals surface area contributed by atoms with E-state index in [2.05, 4.69) is 4.98 Å². The predicted molar refractivity (Wildman–Crippen MR) is 76.7 cm³/mol. The summed E-state index contributed by atoms with van der Waals surface area (Å²) in [6.45, 7) is 0. The first-order chi connectivity index (χ1) is 8.75. The van der Waals surface area contributed by atoms with E-state index in [4.69, 9.17) is 17.3 Å². The highest BCUT2D eigenvalue weighted by Crippen LogP contribution is 2.28. The van der Waals surface area contributed by atoms with Gasteiger partial charge in [0.1, 0.15) is 0 Å². The lowest BCUT2D eigenvalue weighted by molar-refractivity contribution is 0.323. The number of nitrogens with zero attached hydrogens (tertiary/aromatic N) is 1. The first-order valence-electron chi connectivity index (χ1n) is 7.09. The molecule has 0 spiro atoms. The Hall–Kier alpha value is -0.600. The molecule has 2 nitrogen and oxygen atoms in total. The zero-order chi connectivity index (χ0) is 12.8. The third kappa shape index (κ3) is 4.25. The Kier molecular flexibility index (Phi) is 5.45. The lowest BCUT2D eigenvalue weighted by Crippen LogP contribution is -2.24. The topological polar surface area (TPSA) is 38.9 Å². The van der Waals surface area contributed by atoms with Crippen molar-refractivity contribution in [3.63, 3.8) is 0 Å². The van der Waals surface area contributed by atoms with Gasteiger partial charge >= 0.3 is 0 Å². The Labute approximate surface area is 115 Å². The van der Waals surface area contributed by atoms with E-state index in [0.717, 1.165) is 29.3 Å². The molecule has 0 aromatic carbocycles. The molecule has 1 aromatic rings. The van der Waals surface area contributed by atoms with Gasteiger partial charge in [-0.15, -0.1) is 0 Å². The van der Waals surface area contributed by atoms with Crippen molar-refractivity contribution in [3.8, 4) is 0 Å². The Balaban J connectivity index is 1.74. The van der Waals surface area contributed by atoms with E-state index in [9.17, 15) is 0 Å². The van der Waals surface area contributed by atoms with Crippen LogP contribution in [0.4, 0.5) is 0 Å². The molecular weight excluding hydrogens is 244 g/mol. The lowest BCUT2D eigenvalue weighted by Gasteiger charge is -2.23. The highest BCUT2D eigenvalue weighted by molar-refractivity contribution is 6.31. The molecule has 1 aliphatic carbocycles. The SMILES string of the molecule is NC(CCC1CCCCC1)Cc1ccncc1Cl. The van der Waals surface area contributed by atoms with Crippen LogP contribution in [0.25, 0.3) is 0 Å². The van der Waals surface area contributed by atoms with Gasteiger partial charge in [0.15, 0.2) is 0 Å². The molecule has 0 bridgehead atoms. The maximum atomic E-state index is 6.21. The van der Waals surface area contributed by atoms with Gasteiger partial charge in [0.2, 0.25) is 0 Å². The first-order valence-corrected chi connectivity index (χ1v) is 7.47. The molecular formula is C15H23ClN2. The van der Waals surface area contributed by atoms with Crippen LogP contribution in [-0.2, 0) is 6.42 Å². The van der Waals surface area contributed by atoms with Crippen molar-refractivity contribution in [2.45, 2.75) is 57.4 Å². The van der Waals surface area contributed by atoms with Crippen LogP contribution in [0.5, 0.6) is 0 Å². The van der Waals surface area contributed by atoms with Crippen molar-refractivity contribution in [1.29, 1.82) is 0 Å². The maximum absolute atomic E-state index is 6.21. The first kappa shape index (κ1) is 13.8. The third-order valence-corrected chi connectivity index (χ3v) is 4.35. The predicted octanol–water partition coefficient (Wildman–Crippen LogP) is 3.97. The molecule has 1 heterocycles. The molecule has 100 valence electrons. The van der Waals surface area contributed by atoms with Crippen molar-refractivity contribution in [2.75, 3.05) is 0 Å². The maximum Gasteiger partial charge on any atom is 0.0621 e. The molecule has 1 unspecified atom stereocenters. The number of hydrogen-bond acceptors (Lipinski definition) is 2. The van der Waals surface area contributed by atoms with E-state index in [1.165, 1.54) is 38.5 Å². The van der Waals surface area contributed by atoms with Crippen LogP contribution in [0.15, 0.2) is 18.5 Å². The van der Waals surface area contributed by atoms with Gasteiger partial charge in [0, 0.05) is 18.4 Å². The van der Waals surface area contributed by atoms with Gasteiger partial charge < -0.3 is 5.73 Å². The van der Waals surface area contributed by atoms with Gasteiger partial charge in [0.25, 0.3) is 0 Å². The molecule has 0 amide bonds. The minimum Gasteiger partial charge on any atom is -0.327 e. The normalized spacial score (nSPS) is 18.8. The monoisotopic (exact) mass is 266 g/mol. The summed E-state index contributed by atoms with van der Waals surface area (Å²) in [5, 5.41) is 0.741.